The van der Waals surface area contributed by atoms with E-state index in [0.29, 0.717) is 12.5 Å². The first-order valence-electron chi connectivity index (χ1n) is 3.54. The van der Waals surface area contributed by atoms with Gasteiger partial charge < -0.3 is 4.74 Å². The van der Waals surface area contributed by atoms with Gasteiger partial charge in [-0.05, 0) is 40.3 Å². The Hall–Kier alpha value is -0.350. The van der Waals surface area contributed by atoms with Crippen molar-refractivity contribution in [3.05, 3.63) is 15.6 Å². The summed E-state index contributed by atoms with van der Waals surface area (Å²) in [5, 5.41) is 0. The van der Waals surface area contributed by atoms with Crippen LogP contribution in [-0.4, -0.2) is 16.6 Å². The van der Waals surface area contributed by atoms with E-state index in [4.69, 9.17) is 4.74 Å². The lowest BCUT2D eigenvalue weighted by Crippen LogP contribution is -2.00. The molecule has 0 aromatic carbocycles. The molecule has 1 rings (SSSR count). The summed E-state index contributed by atoms with van der Waals surface area (Å²) < 4.78 is 6.09. The van der Waals surface area contributed by atoms with Crippen LogP contribution in [0.4, 0.5) is 0 Å². The zero-order chi connectivity index (χ0) is 9.68. The third kappa shape index (κ3) is 2.81. The maximum atomic E-state index is 5.29. The molecule has 3 nitrogen and oxygen atoms in total. The second kappa shape index (κ2) is 5.40. The first-order valence-corrected chi connectivity index (χ1v) is 5.41. The predicted molar refractivity (Wildman–Crippen MR) is 61.7 cm³/mol. The molecule has 0 aliphatic rings. The first kappa shape index (κ1) is 10.7. The number of aromatic nitrogens is 2. The molecule has 13 heavy (non-hydrogen) atoms. The summed E-state index contributed by atoms with van der Waals surface area (Å²) in [6, 6.07) is 0. The molecule has 0 atom stereocenters. The lowest BCUT2D eigenvalue weighted by molar-refractivity contribution is 0.324. The highest BCUT2D eigenvalue weighted by molar-refractivity contribution is 14.1. The monoisotopic (exact) mass is 352 g/mol. The summed E-state index contributed by atoms with van der Waals surface area (Å²) in [5.41, 5.74) is 0.724. The van der Waals surface area contributed by atoms with Gasteiger partial charge in [-0.2, -0.15) is 0 Å². The molecule has 0 spiro atoms. The van der Waals surface area contributed by atoms with Crippen LogP contribution in [-0.2, 0) is 0 Å². The molecule has 0 radical (unpaired) electrons. The van der Waals surface area contributed by atoms with Crippen LogP contribution >= 0.6 is 38.5 Å². The highest BCUT2D eigenvalue weighted by atomic mass is 127. The molecule has 1 aromatic heterocycles. The van der Waals surface area contributed by atoms with Crippen LogP contribution in [0.2, 0.25) is 0 Å². The van der Waals surface area contributed by atoms with Crippen molar-refractivity contribution < 1.29 is 4.74 Å². The zero-order valence-electron chi connectivity index (χ0n) is 6.84. The molecule has 0 aliphatic carbocycles. The third-order valence-corrected chi connectivity index (χ3v) is 2.24. The van der Waals surface area contributed by atoms with Crippen LogP contribution in [0.1, 0.15) is 12.5 Å². The van der Waals surface area contributed by atoms with E-state index >= 15 is 0 Å². The summed E-state index contributed by atoms with van der Waals surface area (Å²) in [6.45, 7) is 2.48. The molecular formula is C8H6BrIN2O. The van der Waals surface area contributed by atoms with Crippen LogP contribution in [0.3, 0.4) is 0 Å². The predicted octanol–water partition coefficient (Wildman–Crippen LogP) is 2.18. The maximum Gasteiger partial charge on any atom is 0.233 e. The van der Waals surface area contributed by atoms with Gasteiger partial charge in [0.05, 0.1) is 6.61 Å². The molecule has 68 valence electrons. The lowest BCUT2D eigenvalue weighted by atomic mass is 10.3. The number of hydrogen-bond donors (Lipinski definition) is 0. The van der Waals surface area contributed by atoms with Gasteiger partial charge in [0.25, 0.3) is 0 Å². The molecule has 0 saturated carbocycles. The number of nitrogens with zero attached hydrogens (tertiary/aromatic N) is 2. The van der Waals surface area contributed by atoms with E-state index in [1.165, 1.54) is 6.33 Å². The van der Waals surface area contributed by atoms with Gasteiger partial charge in [-0.3, -0.25) is 0 Å². The molecule has 1 heterocycles. The summed E-state index contributed by atoms with van der Waals surface area (Å²) >= 11 is 5.12. The highest BCUT2D eigenvalue weighted by Gasteiger charge is 2.07. The Morgan fingerprint density at radius 1 is 1.62 bits per heavy atom. The topological polar surface area (TPSA) is 35.0 Å². The van der Waals surface area contributed by atoms with Crippen LogP contribution in [0.5, 0.6) is 5.88 Å². The fraction of sp³-hybridized carbons (Fsp3) is 0.250. The van der Waals surface area contributed by atoms with Crippen molar-refractivity contribution in [3.8, 4) is 16.6 Å². The van der Waals surface area contributed by atoms with Crippen molar-refractivity contribution in [2.24, 2.45) is 0 Å². The number of hydrogen-bond acceptors (Lipinski definition) is 3. The Bertz CT molecular complexity index is 359. The molecule has 0 saturated heterocycles. The summed E-state index contributed by atoms with van der Waals surface area (Å²) in [5.74, 6) is 3.37. The standard InChI is InChI=1S/C8H6BrIN2O/c1-2-13-8-6(3-4-9)7(10)11-5-12-8/h5H,2H2,1H3. The normalized spacial score (nSPS) is 8.85. The average Bonchev–Trinajstić information content (AvgIpc) is 2.11. The number of halogens is 2. The minimum atomic E-state index is 0.536. The lowest BCUT2D eigenvalue weighted by Gasteiger charge is -2.04. The second-order valence-electron chi connectivity index (χ2n) is 2.00. The Balaban J connectivity index is 3.14. The maximum absolute atomic E-state index is 5.29. The van der Waals surface area contributed by atoms with E-state index < -0.39 is 0 Å². The minimum absolute atomic E-state index is 0.536. The Kier molecular flexibility index (Phi) is 4.45. The van der Waals surface area contributed by atoms with Gasteiger partial charge in [0.1, 0.15) is 15.6 Å². The molecule has 1 aromatic rings. The van der Waals surface area contributed by atoms with Crippen LogP contribution in [0.25, 0.3) is 0 Å². The van der Waals surface area contributed by atoms with E-state index in [9.17, 15) is 0 Å². The van der Waals surface area contributed by atoms with E-state index in [0.717, 1.165) is 9.26 Å². The van der Waals surface area contributed by atoms with Gasteiger partial charge >= 0.3 is 0 Å². The molecule has 5 heteroatoms. The number of ether oxygens (including phenoxy) is 1. The molecule has 0 unspecified atom stereocenters. The molecule has 0 fully saturated rings. The molecule has 0 aliphatic heterocycles. The van der Waals surface area contributed by atoms with Crippen molar-refractivity contribution >= 4 is 38.5 Å². The van der Waals surface area contributed by atoms with Crippen molar-refractivity contribution in [1.82, 2.24) is 9.97 Å². The van der Waals surface area contributed by atoms with Crippen LogP contribution < -0.4 is 4.74 Å². The third-order valence-electron chi connectivity index (χ3n) is 1.22. The van der Waals surface area contributed by atoms with Gasteiger partial charge in [-0.1, -0.05) is 0 Å². The van der Waals surface area contributed by atoms with Crippen molar-refractivity contribution in [3.63, 3.8) is 0 Å². The summed E-state index contributed by atoms with van der Waals surface area (Å²) in [4.78, 5) is 10.6. The van der Waals surface area contributed by atoms with E-state index in [2.05, 4.69) is 59.2 Å². The average molecular weight is 353 g/mol. The van der Waals surface area contributed by atoms with Crippen molar-refractivity contribution in [2.45, 2.75) is 6.92 Å². The van der Waals surface area contributed by atoms with Crippen molar-refractivity contribution in [1.29, 1.82) is 0 Å². The summed E-state index contributed by atoms with van der Waals surface area (Å²) in [7, 11) is 0. The quantitative estimate of drug-likeness (QED) is 0.465. The summed E-state index contributed by atoms with van der Waals surface area (Å²) in [6.07, 6.45) is 1.46. The second-order valence-corrected chi connectivity index (χ2v) is 3.42. The van der Waals surface area contributed by atoms with Gasteiger partial charge in [-0.25, -0.2) is 9.97 Å². The fourth-order valence-corrected chi connectivity index (χ4v) is 1.44. The molecular weight excluding hydrogens is 347 g/mol. The molecule has 0 N–H and O–H groups in total. The Morgan fingerprint density at radius 2 is 2.38 bits per heavy atom. The Morgan fingerprint density at radius 3 is 3.00 bits per heavy atom. The first-order chi connectivity index (χ1) is 6.29. The fourth-order valence-electron chi connectivity index (χ4n) is 0.748. The molecule has 0 amide bonds. The van der Waals surface area contributed by atoms with E-state index in [-0.39, 0.29) is 0 Å². The Labute approximate surface area is 98.6 Å². The smallest absolute Gasteiger partial charge is 0.233 e. The van der Waals surface area contributed by atoms with Gasteiger partial charge in [-0.15, -0.1) is 0 Å². The van der Waals surface area contributed by atoms with Crippen LogP contribution in [0.15, 0.2) is 6.33 Å². The van der Waals surface area contributed by atoms with E-state index in [1.54, 1.807) is 0 Å². The number of rotatable bonds is 2. The molecule has 0 bridgehead atoms. The minimum Gasteiger partial charge on any atom is -0.477 e. The highest BCUT2D eigenvalue weighted by Crippen LogP contribution is 2.17. The van der Waals surface area contributed by atoms with E-state index in [1.807, 2.05) is 6.92 Å². The SMILES string of the molecule is CCOc1ncnc(I)c1C#CBr. The largest absolute Gasteiger partial charge is 0.477 e. The van der Waals surface area contributed by atoms with Gasteiger partial charge in [0.15, 0.2) is 0 Å². The zero-order valence-corrected chi connectivity index (χ0v) is 10.6. The van der Waals surface area contributed by atoms with Gasteiger partial charge in [0.2, 0.25) is 5.88 Å². The van der Waals surface area contributed by atoms with Crippen molar-refractivity contribution in [2.75, 3.05) is 6.61 Å². The van der Waals surface area contributed by atoms with Gasteiger partial charge in [0, 0.05) is 15.9 Å². The van der Waals surface area contributed by atoms with Crippen LogP contribution in [0, 0.1) is 14.5 Å².